The van der Waals surface area contributed by atoms with E-state index in [9.17, 15) is 9.59 Å². The highest BCUT2D eigenvalue weighted by Gasteiger charge is 2.29. The molecule has 0 saturated heterocycles. The third kappa shape index (κ3) is 3.99. The molecule has 5 heteroatoms. The Balaban J connectivity index is 1.59. The van der Waals surface area contributed by atoms with Crippen molar-refractivity contribution < 1.29 is 9.59 Å². The fraction of sp³-hybridized carbons (Fsp3) is 0.333. The van der Waals surface area contributed by atoms with Gasteiger partial charge >= 0.3 is 0 Å². The van der Waals surface area contributed by atoms with Crippen LogP contribution in [0.15, 0.2) is 36.4 Å². The van der Waals surface area contributed by atoms with Crippen LogP contribution in [0, 0.1) is 12.8 Å². The quantitative estimate of drug-likeness (QED) is 0.874. The zero-order valence-corrected chi connectivity index (χ0v) is 14.1. The lowest BCUT2D eigenvalue weighted by Crippen LogP contribution is -2.25. The van der Waals surface area contributed by atoms with E-state index in [2.05, 4.69) is 10.6 Å². The van der Waals surface area contributed by atoms with Crippen LogP contribution in [-0.2, 0) is 4.79 Å². The maximum atomic E-state index is 12.2. The van der Waals surface area contributed by atoms with E-state index in [1.54, 1.807) is 0 Å². The molecule has 1 atom stereocenters. The molecule has 1 aliphatic carbocycles. The third-order valence-electron chi connectivity index (χ3n) is 3.94. The molecule has 1 heterocycles. The van der Waals surface area contributed by atoms with Crippen LogP contribution in [-0.4, -0.2) is 11.8 Å². The highest BCUT2D eigenvalue weighted by atomic mass is 32.1. The maximum absolute atomic E-state index is 12.2. The number of aryl methyl sites for hydroxylation is 1. The van der Waals surface area contributed by atoms with Gasteiger partial charge in [-0.25, -0.2) is 0 Å². The second-order valence-electron chi connectivity index (χ2n) is 5.99. The van der Waals surface area contributed by atoms with Crippen molar-refractivity contribution in [2.75, 3.05) is 5.32 Å². The summed E-state index contributed by atoms with van der Waals surface area (Å²) in [6, 6.07) is 11.3. The number of thiophene rings is 1. The molecule has 1 aromatic heterocycles. The molecule has 0 spiro atoms. The van der Waals surface area contributed by atoms with E-state index < -0.39 is 0 Å². The summed E-state index contributed by atoms with van der Waals surface area (Å²) in [5, 5.41) is 5.91. The lowest BCUT2D eigenvalue weighted by molar-refractivity contribution is -0.117. The van der Waals surface area contributed by atoms with Crippen LogP contribution < -0.4 is 10.6 Å². The van der Waals surface area contributed by atoms with E-state index in [1.165, 1.54) is 11.3 Å². The van der Waals surface area contributed by atoms with Gasteiger partial charge < -0.3 is 10.6 Å². The molecule has 1 unspecified atom stereocenters. The van der Waals surface area contributed by atoms with Crippen molar-refractivity contribution >= 4 is 28.8 Å². The molecule has 0 radical (unpaired) electrons. The zero-order chi connectivity index (χ0) is 16.4. The fourth-order valence-electron chi connectivity index (χ4n) is 2.35. The van der Waals surface area contributed by atoms with Crippen molar-refractivity contribution in [3.63, 3.8) is 0 Å². The Hall–Kier alpha value is -2.14. The van der Waals surface area contributed by atoms with Gasteiger partial charge in [0.15, 0.2) is 0 Å². The van der Waals surface area contributed by atoms with Crippen LogP contribution in [0.25, 0.3) is 0 Å². The minimum atomic E-state index is -0.0851. The first kappa shape index (κ1) is 15.7. The number of carbonyl (C=O) groups is 2. The molecule has 0 aliphatic heterocycles. The number of anilines is 1. The minimum Gasteiger partial charge on any atom is -0.345 e. The molecular weight excluding hydrogens is 308 g/mol. The van der Waals surface area contributed by atoms with Crippen LogP contribution in [0.3, 0.4) is 0 Å². The summed E-state index contributed by atoms with van der Waals surface area (Å²) in [4.78, 5) is 25.8. The Morgan fingerprint density at radius 2 is 1.83 bits per heavy atom. The molecule has 2 amide bonds. The first-order valence-corrected chi connectivity index (χ1v) is 8.62. The molecule has 2 N–H and O–H groups in total. The van der Waals surface area contributed by atoms with Crippen molar-refractivity contribution in [2.45, 2.75) is 32.7 Å². The molecule has 4 nitrogen and oxygen atoms in total. The molecule has 1 fully saturated rings. The van der Waals surface area contributed by atoms with Crippen LogP contribution >= 0.6 is 11.3 Å². The number of rotatable bonds is 5. The highest BCUT2D eigenvalue weighted by molar-refractivity contribution is 7.13. The van der Waals surface area contributed by atoms with Crippen molar-refractivity contribution in [3.8, 4) is 0 Å². The Labute approximate surface area is 139 Å². The largest absolute Gasteiger partial charge is 0.345 e. The Bertz CT molecular complexity index is 717. The second-order valence-corrected chi connectivity index (χ2v) is 7.28. The summed E-state index contributed by atoms with van der Waals surface area (Å²) in [6.07, 6.45) is 1.99. The Morgan fingerprint density at radius 3 is 2.39 bits per heavy atom. The Kier molecular flexibility index (Phi) is 4.48. The van der Waals surface area contributed by atoms with Gasteiger partial charge in [0, 0.05) is 16.5 Å². The summed E-state index contributed by atoms with van der Waals surface area (Å²) in [5.41, 5.74) is 1.81. The number of hydrogen-bond acceptors (Lipinski definition) is 3. The van der Waals surface area contributed by atoms with Crippen molar-refractivity contribution in [1.82, 2.24) is 5.32 Å². The SMILES string of the molecule is Cc1ccc(C(=O)NC(C)c2ccc(NC(=O)C3CC3)cc2)s1. The van der Waals surface area contributed by atoms with Gasteiger partial charge in [-0.15, -0.1) is 11.3 Å². The molecule has 3 rings (SSSR count). The maximum Gasteiger partial charge on any atom is 0.261 e. The monoisotopic (exact) mass is 328 g/mol. The summed E-state index contributed by atoms with van der Waals surface area (Å²) in [7, 11) is 0. The number of carbonyl (C=O) groups excluding carboxylic acids is 2. The fourth-order valence-corrected chi connectivity index (χ4v) is 3.12. The van der Waals surface area contributed by atoms with Crippen molar-refractivity contribution in [2.24, 2.45) is 5.92 Å². The molecule has 23 heavy (non-hydrogen) atoms. The second kappa shape index (κ2) is 6.54. The molecule has 0 bridgehead atoms. The average molecular weight is 328 g/mol. The van der Waals surface area contributed by atoms with Gasteiger partial charge in [0.25, 0.3) is 5.91 Å². The average Bonchev–Trinajstić information content (AvgIpc) is 3.29. The van der Waals surface area contributed by atoms with Gasteiger partial charge in [-0.1, -0.05) is 12.1 Å². The topological polar surface area (TPSA) is 58.2 Å². The van der Waals surface area contributed by atoms with E-state index in [0.29, 0.717) is 0 Å². The van der Waals surface area contributed by atoms with Crippen LogP contribution in [0.4, 0.5) is 5.69 Å². The normalized spacial score (nSPS) is 15.0. The predicted molar refractivity (Wildman–Crippen MR) is 92.7 cm³/mol. The predicted octanol–water partition coefficient (Wildman–Crippen LogP) is 3.90. The highest BCUT2D eigenvalue weighted by Crippen LogP contribution is 2.30. The lowest BCUT2D eigenvalue weighted by Gasteiger charge is -2.14. The number of benzene rings is 1. The first-order chi connectivity index (χ1) is 11.0. The van der Waals surface area contributed by atoms with E-state index in [0.717, 1.165) is 33.8 Å². The van der Waals surface area contributed by atoms with Gasteiger partial charge in [-0.2, -0.15) is 0 Å². The summed E-state index contributed by atoms with van der Waals surface area (Å²) < 4.78 is 0. The molecule has 1 aromatic carbocycles. The van der Waals surface area contributed by atoms with Crippen LogP contribution in [0.5, 0.6) is 0 Å². The van der Waals surface area contributed by atoms with Gasteiger partial charge in [-0.3, -0.25) is 9.59 Å². The summed E-state index contributed by atoms with van der Waals surface area (Å²) >= 11 is 1.49. The standard InChI is InChI=1S/C18H20N2O2S/c1-11-3-10-16(23-11)18(22)19-12(2)13-6-8-15(9-7-13)20-17(21)14-4-5-14/h3,6-10,12,14H,4-5H2,1-2H3,(H,19,22)(H,20,21). The van der Waals surface area contributed by atoms with Gasteiger partial charge in [0.05, 0.1) is 10.9 Å². The van der Waals surface area contributed by atoms with Crippen molar-refractivity contribution in [3.05, 3.63) is 51.7 Å². The molecule has 2 aromatic rings. The van der Waals surface area contributed by atoms with E-state index in [4.69, 9.17) is 0 Å². The molecule has 1 aliphatic rings. The molecule has 120 valence electrons. The molecular formula is C18H20N2O2S. The minimum absolute atomic E-state index is 0.0540. The number of nitrogens with one attached hydrogen (secondary N) is 2. The van der Waals surface area contributed by atoms with E-state index >= 15 is 0 Å². The van der Waals surface area contributed by atoms with Gasteiger partial charge in [0.2, 0.25) is 5.91 Å². The molecule has 1 saturated carbocycles. The van der Waals surface area contributed by atoms with Crippen LogP contribution in [0.1, 0.15) is 45.9 Å². The van der Waals surface area contributed by atoms with E-state index in [1.807, 2.05) is 50.2 Å². The zero-order valence-electron chi connectivity index (χ0n) is 13.3. The number of amides is 2. The van der Waals surface area contributed by atoms with Gasteiger partial charge in [-0.05, 0) is 56.5 Å². The Morgan fingerprint density at radius 1 is 1.13 bits per heavy atom. The lowest BCUT2D eigenvalue weighted by atomic mass is 10.1. The number of hydrogen-bond donors (Lipinski definition) is 2. The summed E-state index contributed by atoms with van der Waals surface area (Å²) in [6.45, 7) is 3.94. The summed E-state index contributed by atoms with van der Waals surface area (Å²) in [5.74, 6) is 0.246. The first-order valence-electron chi connectivity index (χ1n) is 7.81. The van der Waals surface area contributed by atoms with Crippen LogP contribution in [0.2, 0.25) is 0 Å². The van der Waals surface area contributed by atoms with E-state index in [-0.39, 0.29) is 23.8 Å². The van der Waals surface area contributed by atoms with Crippen molar-refractivity contribution in [1.29, 1.82) is 0 Å². The third-order valence-corrected chi connectivity index (χ3v) is 4.94. The van der Waals surface area contributed by atoms with Gasteiger partial charge in [0.1, 0.15) is 0 Å². The smallest absolute Gasteiger partial charge is 0.261 e.